The van der Waals surface area contributed by atoms with E-state index in [4.69, 9.17) is 16.3 Å². The van der Waals surface area contributed by atoms with Gasteiger partial charge in [-0.05, 0) is 76.4 Å². The summed E-state index contributed by atoms with van der Waals surface area (Å²) in [4.78, 5) is 40.2. The normalized spacial score (nSPS) is 23.1. The Bertz CT molecular complexity index is 1410. The molecule has 3 N–H and O–H groups in total. The predicted molar refractivity (Wildman–Crippen MR) is 146 cm³/mol. The zero-order chi connectivity index (χ0) is 30.9. The highest BCUT2D eigenvalue weighted by Crippen LogP contribution is 2.44. The van der Waals surface area contributed by atoms with E-state index in [-0.39, 0.29) is 17.5 Å². The lowest BCUT2D eigenvalue weighted by Gasteiger charge is -2.38. The van der Waals surface area contributed by atoms with Crippen molar-refractivity contribution in [3.05, 3.63) is 63.9 Å². The first-order valence-electron chi connectivity index (χ1n) is 13.4. The minimum Gasteiger partial charge on any atom is -0.474 e. The van der Waals surface area contributed by atoms with Crippen molar-refractivity contribution in [2.45, 2.75) is 77.2 Å². The molecule has 0 aromatic heterocycles. The fraction of sp³-hybridized carbons (Fsp3) is 0.448. The Morgan fingerprint density at radius 1 is 1.17 bits per heavy atom. The first-order valence-corrected chi connectivity index (χ1v) is 13.8. The molecule has 0 radical (unpaired) electrons. The number of hydrazine groups is 1. The molecule has 9 nitrogen and oxygen atoms in total. The van der Waals surface area contributed by atoms with Crippen LogP contribution in [0.4, 0.5) is 13.2 Å². The number of hydrogen-bond donors (Lipinski definition) is 3. The Labute approximate surface area is 246 Å². The molecule has 3 amide bonds. The van der Waals surface area contributed by atoms with Crippen LogP contribution in [-0.2, 0) is 9.59 Å². The van der Waals surface area contributed by atoms with Gasteiger partial charge in [-0.25, -0.2) is 18.6 Å². The highest BCUT2D eigenvalue weighted by atomic mass is 35.5. The number of benzene rings is 2. The first-order chi connectivity index (χ1) is 19.7. The van der Waals surface area contributed by atoms with Gasteiger partial charge in [0.2, 0.25) is 5.91 Å². The van der Waals surface area contributed by atoms with E-state index >= 15 is 0 Å². The van der Waals surface area contributed by atoms with Crippen molar-refractivity contribution in [2.75, 3.05) is 0 Å². The van der Waals surface area contributed by atoms with E-state index in [1.807, 2.05) is 0 Å². The van der Waals surface area contributed by atoms with Gasteiger partial charge in [0.1, 0.15) is 11.9 Å². The zero-order valence-corrected chi connectivity index (χ0v) is 24.2. The molecule has 2 fully saturated rings. The molecule has 2 aliphatic rings. The Morgan fingerprint density at radius 3 is 2.45 bits per heavy atom. The predicted octanol–water partition coefficient (Wildman–Crippen LogP) is 4.32. The molecule has 0 spiro atoms. The molecule has 4 rings (SSSR count). The second-order valence-electron chi connectivity index (χ2n) is 11.2. The van der Waals surface area contributed by atoms with Crippen LogP contribution in [0.5, 0.6) is 5.75 Å². The SMILES string of the molecule is CC1CC(Oc2c(F)cc(C(=O)N[C@H](C)C(=O)N3[C@H](c4cc(F)cc(Cl)c4)CC[C@@H]3C(C)(C)C#N)cc2F)C(=O)NN1. The molecule has 5 atom stereocenters. The van der Waals surface area contributed by atoms with Gasteiger partial charge in [-0.15, -0.1) is 0 Å². The lowest BCUT2D eigenvalue weighted by atomic mass is 9.84. The number of nitrogens with one attached hydrogen (secondary N) is 3. The molecule has 2 unspecified atom stereocenters. The Kier molecular flexibility index (Phi) is 9.03. The van der Waals surface area contributed by atoms with E-state index in [2.05, 4.69) is 22.2 Å². The summed E-state index contributed by atoms with van der Waals surface area (Å²) >= 11 is 6.07. The Balaban J connectivity index is 1.54. The number of nitrogens with zero attached hydrogens (tertiary/aromatic N) is 2. The van der Waals surface area contributed by atoms with Gasteiger partial charge in [-0.3, -0.25) is 19.8 Å². The molecule has 2 aliphatic heterocycles. The summed E-state index contributed by atoms with van der Waals surface area (Å²) in [5.74, 6) is -5.88. The summed E-state index contributed by atoms with van der Waals surface area (Å²) in [6.07, 6.45) is -0.115. The Morgan fingerprint density at radius 2 is 1.83 bits per heavy atom. The Hall–Kier alpha value is -3.82. The monoisotopic (exact) mass is 605 g/mol. The van der Waals surface area contributed by atoms with Crippen molar-refractivity contribution in [3.8, 4) is 11.8 Å². The third-order valence-corrected chi connectivity index (χ3v) is 7.79. The van der Waals surface area contributed by atoms with Gasteiger partial charge in [-0.2, -0.15) is 5.26 Å². The zero-order valence-electron chi connectivity index (χ0n) is 23.4. The number of nitriles is 1. The van der Waals surface area contributed by atoms with E-state index in [0.717, 1.165) is 18.2 Å². The van der Waals surface area contributed by atoms with Crippen LogP contribution in [0.25, 0.3) is 0 Å². The summed E-state index contributed by atoms with van der Waals surface area (Å²) in [6.45, 7) is 6.53. The molecule has 13 heteroatoms. The third-order valence-electron chi connectivity index (χ3n) is 7.57. The molecule has 2 saturated heterocycles. The van der Waals surface area contributed by atoms with Crippen LogP contribution in [0.3, 0.4) is 0 Å². The molecule has 2 heterocycles. The number of likely N-dealkylation sites (tertiary alicyclic amines) is 1. The lowest BCUT2D eigenvalue weighted by Crippen LogP contribution is -2.56. The van der Waals surface area contributed by atoms with Crippen LogP contribution in [-0.4, -0.2) is 46.9 Å². The molecule has 2 aromatic carbocycles. The van der Waals surface area contributed by atoms with Crippen molar-refractivity contribution in [3.63, 3.8) is 0 Å². The van der Waals surface area contributed by atoms with E-state index < -0.39 is 76.1 Å². The van der Waals surface area contributed by atoms with Gasteiger partial charge in [0.15, 0.2) is 23.5 Å². The number of amides is 3. The van der Waals surface area contributed by atoms with Crippen molar-refractivity contribution in [2.24, 2.45) is 5.41 Å². The number of rotatable bonds is 7. The number of halogens is 4. The van der Waals surface area contributed by atoms with Crippen LogP contribution in [0.15, 0.2) is 30.3 Å². The number of carbonyl (C=O) groups excluding carboxylic acids is 3. The van der Waals surface area contributed by atoms with E-state index in [1.165, 1.54) is 17.9 Å². The van der Waals surface area contributed by atoms with E-state index in [9.17, 15) is 32.8 Å². The van der Waals surface area contributed by atoms with Crippen LogP contribution < -0.4 is 20.9 Å². The molecule has 0 aliphatic carbocycles. The second-order valence-corrected chi connectivity index (χ2v) is 11.7. The van der Waals surface area contributed by atoms with E-state index in [0.29, 0.717) is 18.4 Å². The molecular formula is C29H31ClF3N5O4. The maximum Gasteiger partial charge on any atom is 0.275 e. The van der Waals surface area contributed by atoms with Crippen molar-refractivity contribution < 1.29 is 32.3 Å². The number of hydrogen-bond acceptors (Lipinski definition) is 6. The van der Waals surface area contributed by atoms with Gasteiger partial charge in [-0.1, -0.05) is 11.6 Å². The van der Waals surface area contributed by atoms with E-state index in [1.54, 1.807) is 26.8 Å². The van der Waals surface area contributed by atoms with Crippen LogP contribution >= 0.6 is 11.6 Å². The lowest BCUT2D eigenvalue weighted by molar-refractivity contribution is -0.137. The topological polar surface area (TPSA) is 124 Å². The number of carbonyl (C=O) groups is 3. The highest BCUT2D eigenvalue weighted by molar-refractivity contribution is 6.30. The van der Waals surface area contributed by atoms with Crippen molar-refractivity contribution in [1.82, 2.24) is 21.1 Å². The molecule has 224 valence electrons. The quantitative estimate of drug-likeness (QED) is 0.432. The summed E-state index contributed by atoms with van der Waals surface area (Å²) in [6, 6.07) is 5.11. The largest absolute Gasteiger partial charge is 0.474 e. The first kappa shape index (κ1) is 31.1. The third kappa shape index (κ3) is 6.47. The van der Waals surface area contributed by atoms with Gasteiger partial charge in [0, 0.05) is 23.0 Å². The van der Waals surface area contributed by atoms with Gasteiger partial charge in [0.25, 0.3) is 11.8 Å². The molecule has 2 aromatic rings. The highest BCUT2D eigenvalue weighted by Gasteiger charge is 2.46. The molecule has 0 bridgehead atoms. The molecule has 0 saturated carbocycles. The van der Waals surface area contributed by atoms with Gasteiger partial charge in [0.05, 0.1) is 23.6 Å². The van der Waals surface area contributed by atoms with Gasteiger partial charge >= 0.3 is 0 Å². The van der Waals surface area contributed by atoms with Crippen molar-refractivity contribution >= 4 is 29.3 Å². The maximum atomic E-state index is 14.9. The summed E-state index contributed by atoms with van der Waals surface area (Å²) in [7, 11) is 0. The summed E-state index contributed by atoms with van der Waals surface area (Å²) in [5, 5.41) is 12.4. The maximum absolute atomic E-state index is 14.9. The fourth-order valence-electron chi connectivity index (χ4n) is 5.37. The molecular weight excluding hydrogens is 575 g/mol. The smallest absolute Gasteiger partial charge is 0.275 e. The number of ether oxygens (including phenoxy) is 1. The average molecular weight is 606 g/mol. The molecule has 42 heavy (non-hydrogen) atoms. The van der Waals surface area contributed by atoms with Crippen LogP contribution in [0.2, 0.25) is 5.02 Å². The minimum atomic E-state index is -1.20. The average Bonchev–Trinajstić information content (AvgIpc) is 3.37. The summed E-state index contributed by atoms with van der Waals surface area (Å²) in [5.41, 5.74) is 4.10. The fourth-order valence-corrected chi connectivity index (χ4v) is 5.60. The van der Waals surface area contributed by atoms with Crippen LogP contribution in [0.1, 0.15) is 68.9 Å². The van der Waals surface area contributed by atoms with Crippen LogP contribution in [0, 0.1) is 34.2 Å². The standard InChI is InChI=1S/C29H31ClF3N5O4/c1-14-7-23(27(40)37-36-14)42-25-20(32)10-17(11-21(25)33)26(39)35-15(2)28(41)38-22(5-6-24(38)29(3,4)13-34)16-8-18(30)12-19(31)9-16/h8-12,14-15,22-24,36H,5-7H2,1-4H3,(H,35,39)(H,37,40)/t14?,15-,22+,23?,24-/m1/s1. The summed E-state index contributed by atoms with van der Waals surface area (Å²) < 4.78 is 49.2. The minimum absolute atomic E-state index is 0.147. The van der Waals surface area contributed by atoms with Crippen molar-refractivity contribution in [1.29, 1.82) is 5.26 Å². The second kappa shape index (κ2) is 12.2. The van der Waals surface area contributed by atoms with Gasteiger partial charge < -0.3 is 15.0 Å².